The van der Waals surface area contributed by atoms with Gasteiger partial charge in [-0.2, -0.15) is 5.26 Å². The maximum Gasteiger partial charge on any atom is 0.157 e. The summed E-state index contributed by atoms with van der Waals surface area (Å²) in [4.78, 5) is 4.48. The monoisotopic (exact) mass is 231 g/mol. The second-order valence-electron chi connectivity index (χ2n) is 3.79. The minimum atomic E-state index is 0.518. The summed E-state index contributed by atoms with van der Waals surface area (Å²) in [6.45, 7) is 2.82. The molecule has 1 atom stereocenters. The molecule has 1 unspecified atom stereocenters. The minimum Gasteiger partial charge on any atom is -0.362 e. The van der Waals surface area contributed by atoms with Gasteiger partial charge in [-0.25, -0.2) is 0 Å². The zero-order chi connectivity index (χ0) is 11.4. The highest BCUT2D eigenvalue weighted by molar-refractivity contribution is 8.14. The number of nitriles is 1. The first-order chi connectivity index (χ1) is 7.78. The van der Waals surface area contributed by atoms with Crippen molar-refractivity contribution >= 4 is 16.9 Å². The molecule has 1 aromatic carbocycles. The minimum absolute atomic E-state index is 0.518. The van der Waals surface area contributed by atoms with Crippen LogP contribution in [0.15, 0.2) is 29.3 Å². The van der Waals surface area contributed by atoms with Crippen LogP contribution in [0.1, 0.15) is 18.1 Å². The van der Waals surface area contributed by atoms with Crippen LogP contribution in [0.2, 0.25) is 0 Å². The molecule has 0 aromatic heterocycles. The molecule has 3 nitrogen and oxygen atoms in total. The Morgan fingerprint density at radius 3 is 2.81 bits per heavy atom. The van der Waals surface area contributed by atoms with Crippen molar-refractivity contribution in [3.8, 4) is 6.07 Å². The molecule has 4 heteroatoms. The van der Waals surface area contributed by atoms with E-state index in [1.54, 1.807) is 11.8 Å². The Kier molecular flexibility index (Phi) is 3.47. The van der Waals surface area contributed by atoms with Crippen molar-refractivity contribution < 1.29 is 0 Å². The average Bonchev–Trinajstić information content (AvgIpc) is 2.73. The first-order valence-electron chi connectivity index (χ1n) is 5.21. The SMILES string of the molecule is CC1CSC(=NCc2ccc(C#N)cc2)N1. The van der Waals surface area contributed by atoms with Gasteiger partial charge in [0.25, 0.3) is 0 Å². The third-order valence-corrected chi connectivity index (χ3v) is 3.52. The first kappa shape index (κ1) is 11.0. The van der Waals surface area contributed by atoms with Crippen molar-refractivity contribution in [2.24, 2.45) is 4.99 Å². The summed E-state index contributed by atoms with van der Waals surface area (Å²) >= 11 is 1.76. The second-order valence-corrected chi connectivity index (χ2v) is 4.80. The summed E-state index contributed by atoms with van der Waals surface area (Å²) < 4.78 is 0. The number of nitrogens with zero attached hydrogens (tertiary/aromatic N) is 2. The molecular weight excluding hydrogens is 218 g/mol. The molecular formula is C12H13N3S. The van der Waals surface area contributed by atoms with E-state index in [0.29, 0.717) is 18.2 Å². The zero-order valence-electron chi connectivity index (χ0n) is 9.10. The summed E-state index contributed by atoms with van der Waals surface area (Å²) in [5, 5.41) is 13.0. The van der Waals surface area contributed by atoms with Crippen LogP contribution in [0, 0.1) is 11.3 Å². The summed E-state index contributed by atoms with van der Waals surface area (Å²) in [6.07, 6.45) is 0. The Bertz CT molecular complexity index is 431. The molecule has 1 heterocycles. The van der Waals surface area contributed by atoms with Crippen molar-refractivity contribution in [3.63, 3.8) is 0 Å². The first-order valence-corrected chi connectivity index (χ1v) is 6.19. The Balaban J connectivity index is 1.97. The number of rotatable bonds is 2. The topological polar surface area (TPSA) is 48.2 Å². The molecule has 1 aromatic rings. The molecule has 0 saturated carbocycles. The fourth-order valence-electron chi connectivity index (χ4n) is 1.44. The molecule has 1 saturated heterocycles. The fourth-order valence-corrected chi connectivity index (χ4v) is 2.37. The highest BCUT2D eigenvalue weighted by Gasteiger charge is 2.14. The third-order valence-electron chi connectivity index (χ3n) is 2.33. The Labute approximate surface area is 99.6 Å². The van der Waals surface area contributed by atoms with E-state index in [-0.39, 0.29) is 0 Å². The van der Waals surface area contributed by atoms with Gasteiger partial charge < -0.3 is 5.32 Å². The van der Waals surface area contributed by atoms with Crippen LogP contribution in [0.5, 0.6) is 0 Å². The standard InChI is InChI=1S/C12H13N3S/c1-9-8-16-12(15-9)14-7-11-4-2-10(6-13)3-5-11/h2-5,9H,7-8H2,1H3,(H,14,15). The lowest BCUT2D eigenvalue weighted by molar-refractivity contribution is 0.764. The van der Waals surface area contributed by atoms with Crippen LogP contribution in [0.4, 0.5) is 0 Å². The van der Waals surface area contributed by atoms with E-state index >= 15 is 0 Å². The summed E-state index contributed by atoms with van der Waals surface area (Å²) in [7, 11) is 0. The molecule has 1 N–H and O–H groups in total. The predicted octanol–water partition coefficient (Wildman–Crippen LogP) is 2.14. The van der Waals surface area contributed by atoms with E-state index in [0.717, 1.165) is 16.5 Å². The van der Waals surface area contributed by atoms with Crippen LogP contribution in [-0.4, -0.2) is 17.0 Å². The van der Waals surface area contributed by atoms with Gasteiger partial charge in [-0.1, -0.05) is 23.9 Å². The Morgan fingerprint density at radius 2 is 2.25 bits per heavy atom. The molecule has 1 fully saturated rings. The smallest absolute Gasteiger partial charge is 0.157 e. The Hall–Kier alpha value is -1.47. The van der Waals surface area contributed by atoms with E-state index in [9.17, 15) is 0 Å². The van der Waals surface area contributed by atoms with Crippen LogP contribution >= 0.6 is 11.8 Å². The quantitative estimate of drug-likeness (QED) is 0.848. The predicted molar refractivity (Wildman–Crippen MR) is 67.4 cm³/mol. The number of hydrogen-bond acceptors (Lipinski definition) is 3. The van der Waals surface area contributed by atoms with E-state index in [4.69, 9.17) is 5.26 Å². The highest BCUT2D eigenvalue weighted by atomic mass is 32.2. The van der Waals surface area contributed by atoms with Gasteiger partial charge >= 0.3 is 0 Å². The summed E-state index contributed by atoms with van der Waals surface area (Å²) in [6, 6.07) is 10.2. The molecule has 16 heavy (non-hydrogen) atoms. The van der Waals surface area contributed by atoms with Crippen LogP contribution < -0.4 is 5.32 Å². The maximum atomic E-state index is 8.67. The molecule has 0 amide bonds. The van der Waals surface area contributed by atoms with Gasteiger partial charge in [0.1, 0.15) is 0 Å². The van der Waals surface area contributed by atoms with E-state index in [1.165, 1.54) is 0 Å². The number of aliphatic imine (C=N–C) groups is 1. The van der Waals surface area contributed by atoms with Crippen molar-refractivity contribution in [2.75, 3.05) is 5.75 Å². The molecule has 1 aliphatic rings. The van der Waals surface area contributed by atoms with Crippen molar-refractivity contribution in [1.82, 2.24) is 5.32 Å². The second kappa shape index (κ2) is 5.04. The maximum absolute atomic E-state index is 8.67. The normalized spacial score (nSPS) is 21.8. The lowest BCUT2D eigenvalue weighted by atomic mass is 10.1. The molecule has 0 radical (unpaired) electrons. The zero-order valence-corrected chi connectivity index (χ0v) is 9.92. The third kappa shape index (κ3) is 2.77. The number of hydrogen-bond donors (Lipinski definition) is 1. The lowest BCUT2D eigenvalue weighted by Gasteiger charge is -2.01. The number of benzene rings is 1. The van der Waals surface area contributed by atoms with Crippen molar-refractivity contribution in [3.05, 3.63) is 35.4 Å². The van der Waals surface area contributed by atoms with Crippen molar-refractivity contribution in [1.29, 1.82) is 5.26 Å². The van der Waals surface area contributed by atoms with Gasteiger partial charge in [0.2, 0.25) is 0 Å². The number of thioether (sulfide) groups is 1. The molecule has 0 aliphatic carbocycles. The van der Waals surface area contributed by atoms with Gasteiger partial charge in [0.05, 0.1) is 18.2 Å². The Morgan fingerprint density at radius 1 is 1.50 bits per heavy atom. The molecule has 2 rings (SSSR count). The van der Waals surface area contributed by atoms with Crippen LogP contribution in [0.25, 0.3) is 0 Å². The number of nitrogens with one attached hydrogen (secondary N) is 1. The van der Waals surface area contributed by atoms with Crippen LogP contribution in [0.3, 0.4) is 0 Å². The summed E-state index contributed by atoms with van der Waals surface area (Å²) in [5.41, 5.74) is 1.83. The number of amidine groups is 1. The van der Waals surface area contributed by atoms with E-state index in [2.05, 4.69) is 23.3 Å². The van der Waals surface area contributed by atoms with E-state index in [1.807, 2.05) is 24.3 Å². The van der Waals surface area contributed by atoms with Gasteiger partial charge in [0.15, 0.2) is 5.17 Å². The molecule has 1 aliphatic heterocycles. The van der Waals surface area contributed by atoms with Gasteiger partial charge in [0, 0.05) is 11.8 Å². The fraction of sp³-hybridized carbons (Fsp3) is 0.333. The average molecular weight is 231 g/mol. The van der Waals surface area contributed by atoms with Gasteiger partial charge in [-0.15, -0.1) is 0 Å². The van der Waals surface area contributed by atoms with Gasteiger partial charge in [-0.05, 0) is 24.6 Å². The van der Waals surface area contributed by atoms with Crippen molar-refractivity contribution in [2.45, 2.75) is 19.5 Å². The van der Waals surface area contributed by atoms with E-state index < -0.39 is 0 Å². The molecule has 0 spiro atoms. The largest absolute Gasteiger partial charge is 0.362 e. The van der Waals surface area contributed by atoms with Gasteiger partial charge in [-0.3, -0.25) is 4.99 Å². The summed E-state index contributed by atoms with van der Waals surface area (Å²) in [5.74, 6) is 1.09. The molecule has 0 bridgehead atoms. The lowest BCUT2D eigenvalue weighted by Crippen LogP contribution is -2.23. The molecule has 82 valence electrons. The highest BCUT2D eigenvalue weighted by Crippen LogP contribution is 2.14. The van der Waals surface area contributed by atoms with Crippen LogP contribution in [-0.2, 0) is 6.54 Å².